The molecular formula is C39H71N3O49S9. The van der Waals surface area contributed by atoms with Gasteiger partial charge in [0, 0.05) is 24.7 Å². The standard InChI is InChI=1S/C22H40N2O30S5.C17H31NO19S4/c1-46-3-8-13(24-56(34,35)36)20(54-59(43,44)45)19(11(51-8)6-49-58(40,41)42)53-22-17(28)14(25)7(18(52-22)21(29)30)2-47-4-9-12(23-55(31,32)33)16(27)15(26)10(50-9)5-48-57(37,38)39;1-2-7-11(19)15(37-41(29,30)31)17(35-13(7)16(21)22)36-14-9(6-33-40(26,27)28)34-8(5-32-3-4-38)10(12(14)20)18-39(23,24)25/h7-20,22-28H,2-6H2,1H3,(H,29,30)(H,31,32,33)(H,34,35,36)(H,37,38,39)(H,40,41,42)(H,43,44,45);7-15,17-20,38H,2-6H2,1H3,(H,21,22)(H,23,24,25)(H,26,27,28)(H,29,30,31)/t7-,8+,9+,10?,11?,12?,13?,14+,15+,16-,17?,18?,19+,20-,22-;7-,8+,9?,10?,11+,12-,13?,14+,15?,17-/m00/s1. The third kappa shape index (κ3) is 28.7. The molecule has 100 heavy (non-hydrogen) atoms. The first-order valence-electron chi connectivity index (χ1n) is 27.4. The predicted molar refractivity (Wildman–Crippen MR) is 310 cm³/mol. The third-order valence-corrected chi connectivity index (χ3v) is 18.5. The summed E-state index contributed by atoms with van der Waals surface area (Å²) in [4.78, 5) is 24.2. The second-order valence-corrected chi connectivity index (χ2v) is 30.7. The van der Waals surface area contributed by atoms with Gasteiger partial charge in [-0.05, 0) is 6.42 Å². The molecule has 5 fully saturated rings. The minimum Gasteiger partial charge on any atom is -0.479 e. The van der Waals surface area contributed by atoms with Gasteiger partial charge in [-0.3, -0.25) is 36.4 Å². The highest BCUT2D eigenvalue weighted by atomic mass is 32.3. The zero-order valence-corrected chi connectivity index (χ0v) is 57.8. The van der Waals surface area contributed by atoms with Crippen LogP contribution in [0, 0.1) is 11.8 Å². The van der Waals surface area contributed by atoms with Crippen molar-refractivity contribution in [1.29, 1.82) is 0 Å². The smallest absolute Gasteiger partial charge is 0.397 e. The summed E-state index contributed by atoms with van der Waals surface area (Å²) in [6, 6.07) is -6.02. The number of ether oxygens (including phenoxy) is 10. The van der Waals surface area contributed by atoms with Gasteiger partial charge in [0.25, 0.3) is 0 Å². The molecule has 19 N–H and O–H groups in total. The van der Waals surface area contributed by atoms with Crippen molar-refractivity contribution in [1.82, 2.24) is 14.2 Å². The molecule has 0 amide bonds. The molecule has 5 rings (SSSR count). The van der Waals surface area contributed by atoms with E-state index in [4.69, 9.17) is 61.0 Å². The lowest BCUT2D eigenvalue weighted by Crippen LogP contribution is -2.68. The fraction of sp³-hybridized carbons (Fsp3) is 0.949. The lowest BCUT2D eigenvalue weighted by molar-refractivity contribution is -0.326. The number of aliphatic hydroxyl groups is 6. The first-order valence-corrected chi connectivity index (χ1v) is 39.1. The number of aliphatic carboxylic acids is 2. The Morgan fingerprint density at radius 2 is 0.800 bits per heavy atom. The summed E-state index contributed by atoms with van der Waals surface area (Å²) >= 11 is 3.93. The van der Waals surface area contributed by atoms with Crippen LogP contribution in [-0.4, -0.2) is 363 Å². The summed E-state index contributed by atoms with van der Waals surface area (Å²) in [5.74, 6) is -6.62. The predicted octanol–water partition coefficient (Wildman–Crippen LogP) is -11.8. The van der Waals surface area contributed by atoms with Gasteiger partial charge >= 0.3 is 94.8 Å². The molecule has 61 heteroatoms. The van der Waals surface area contributed by atoms with Gasteiger partial charge in [-0.1, -0.05) is 6.92 Å². The lowest BCUT2D eigenvalue weighted by Gasteiger charge is -2.48. The van der Waals surface area contributed by atoms with E-state index < -0.39 is 294 Å². The highest BCUT2D eigenvalue weighted by Gasteiger charge is 2.58. The van der Waals surface area contributed by atoms with Crippen LogP contribution in [0.4, 0.5) is 0 Å². The molecule has 5 saturated heterocycles. The third-order valence-electron chi connectivity index (χ3n) is 14.4. The van der Waals surface area contributed by atoms with Crippen LogP contribution >= 0.6 is 12.6 Å². The summed E-state index contributed by atoms with van der Waals surface area (Å²) in [7, 11) is -41.4. The zero-order valence-electron chi connectivity index (χ0n) is 50.3. The van der Waals surface area contributed by atoms with Crippen LogP contribution in [0.3, 0.4) is 0 Å². The Labute approximate surface area is 572 Å². The fourth-order valence-electron chi connectivity index (χ4n) is 10.4. The van der Waals surface area contributed by atoms with Gasteiger partial charge in [0.2, 0.25) is 0 Å². The van der Waals surface area contributed by atoms with Crippen LogP contribution in [0.25, 0.3) is 0 Å². The normalized spacial score (nSPS) is 36.1. The van der Waals surface area contributed by atoms with Crippen LogP contribution in [0.1, 0.15) is 13.3 Å². The Morgan fingerprint density at radius 3 is 1.24 bits per heavy atom. The highest BCUT2D eigenvalue weighted by molar-refractivity contribution is 7.84. The molecule has 25 atom stereocenters. The molecule has 5 heterocycles. The van der Waals surface area contributed by atoms with Gasteiger partial charge in [-0.15, -0.1) is 0 Å². The molecule has 0 saturated carbocycles. The van der Waals surface area contributed by atoms with E-state index >= 15 is 0 Å². The van der Waals surface area contributed by atoms with E-state index in [-0.39, 0.29) is 18.8 Å². The molecule has 0 spiro atoms. The number of methoxy groups -OCH3 is 1. The Balaban J connectivity index is 0.000000453. The highest BCUT2D eigenvalue weighted by Crippen LogP contribution is 2.37. The number of rotatable bonds is 36. The van der Waals surface area contributed by atoms with Crippen molar-refractivity contribution in [3.8, 4) is 0 Å². The van der Waals surface area contributed by atoms with E-state index in [0.717, 1.165) is 7.11 Å². The number of carbonyl (C=O) groups is 2. The van der Waals surface area contributed by atoms with Crippen molar-refractivity contribution in [3.63, 3.8) is 0 Å². The topological polar surface area (TPSA) is 805 Å². The minimum absolute atomic E-state index is 0.0125. The summed E-state index contributed by atoms with van der Waals surface area (Å²) in [5.41, 5.74) is 0. The number of carboxylic acid groups (broad SMARTS) is 2. The molecule has 5 aliphatic rings. The van der Waals surface area contributed by atoms with Gasteiger partial charge in [0.1, 0.15) is 79.4 Å². The molecule has 5 aliphatic heterocycles. The molecule has 0 aromatic carbocycles. The maximum atomic E-state index is 12.4. The first-order chi connectivity index (χ1) is 45.6. The number of thiol groups is 1. The molecular weight excluding hydrogens is 1580 g/mol. The van der Waals surface area contributed by atoms with E-state index in [0.29, 0.717) is 0 Å². The van der Waals surface area contributed by atoms with Crippen molar-refractivity contribution in [2.45, 2.75) is 154 Å². The van der Waals surface area contributed by atoms with E-state index in [1.807, 2.05) is 0 Å². The van der Waals surface area contributed by atoms with Crippen molar-refractivity contribution in [2.75, 3.05) is 65.7 Å². The summed E-state index contributed by atoms with van der Waals surface area (Å²) in [6.07, 6.45) is -42.4. The number of hydrogen-bond acceptors (Lipinski definition) is 40. The number of nitrogens with one attached hydrogen (secondary N) is 3. The number of carboxylic acids is 2. The van der Waals surface area contributed by atoms with Crippen LogP contribution in [0.5, 0.6) is 0 Å². The average molecular weight is 1650 g/mol. The van der Waals surface area contributed by atoms with Crippen LogP contribution < -0.4 is 14.2 Å². The van der Waals surface area contributed by atoms with Crippen molar-refractivity contribution in [3.05, 3.63) is 0 Å². The van der Waals surface area contributed by atoms with Crippen LogP contribution in [-0.2, 0) is 161 Å². The monoisotopic (exact) mass is 1650 g/mol. The summed E-state index contributed by atoms with van der Waals surface area (Å²) in [5, 5.41) is 84.3. The van der Waals surface area contributed by atoms with Gasteiger partial charge in [0.05, 0.1) is 83.2 Å². The molecule has 0 radical (unpaired) electrons. The minimum atomic E-state index is -5.70. The molecule has 52 nitrogen and oxygen atoms in total. The zero-order chi connectivity index (χ0) is 76.4. The van der Waals surface area contributed by atoms with E-state index in [2.05, 4.69) is 33.5 Å². The molecule has 0 aromatic rings. The summed E-state index contributed by atoms with van der Waals surface area (Å²) < 4.78 is 338. The maximum Gasteiger partial charge on any atom is 0.397 e. The molecule has 590 valence electrons. The summed E-state index contributed by atoms with van der Waals surface area (Å²) in [6.45, 7) is -5.50. The van der Waals surface area contributed by atoms with Crippen LogP contribution in [0.15, 0.2) is 0 Å². The van der Waals surface area contributed by atoms with Crippen molar-refractivity contribution in [2.24, 2.45) is 11.8 Å². The Bertz CT molecular complexity index is 3630. The quantitative estimate of drug-likeness (QED) is 0.0157. The maximum absolute atomic E-state index is 12.4. The van der Waals surface area contributed by atoms with Crippen LogP contribution in [0.2, 0.25) is 0 Å². The Morgan fingerprint density at radius 1 is 0.400 bits per heavy atom. The van der Waals surface area contributed by atoms with Gasteiger partial charge < -0.3 is 88.2 Å². The van der Waals surface area contributed by atoms with E-state index in [9.17, 15) is 141 Å². The average Bonchev–Trinajstić information content (AvgIpc) is 0.776. The molecule has 0 aliphatic carbocycles. The SMILES string of the molecule is CC[C@@H]1C(C(=O)O)O[C@@H](O[C@@H]2C(COS(=O)(=O)O)O[C@H](COCCS)C(NS(=O)(=O)O)[C@@H]2O)C(OS(=O)(=O)O)[C@@H]1O.COC[C@H]1OC(COS(=O)(=O)O)[C@@H](O[C@@H]2OC(C(=O)O)[C@@H](COC[C@H]3OC(COS(=O)(=O)O)[C@@H](O)[C@@H](O)C3NS(=O)(=O)O)[C@@H](O)C2O)[C@@H](OS(=O)(=O)O)C1NS(=O)(=O)O. The number of hydrogen-bond donors (Lipinski definition) is 20. The van der Waals surface area contributed by atoms with Crippen molar-refractivity contribution < 1.29 is 222 Å². The Kier molecular flexibility index (Phi) is 33.3. The fourth-order valence-corrected chi connectivity index (χ4v) is 14.3. The Hall–Kier alpha value is -2.39. The molecule has 0 aromatic heterocycles. The second kappa shape index (κ2) is 36.9. The lowest BCUT2D eigenvalue weighted by atomic mass is 9.86. The second-order valence-electron chi connectivity index (χ2n) is 21.3. The van der Waals surface area contributed by atoms with Gasteiger partial charge in [0.15, 0.2) is 30.9 Å². The van der Waals surface area contributed by atoms with Crippen molar-refractivity contribution >= 4 is 107 Å². The van der Waals surface area contributed by atoms with E-state index in [1.54, 1.807) is 4.72 Å². The molecule has 0 bridgehead atoms. The van der Waals surface area contributed by atoms with Gasteiger partial charge in [-0.25, -0.2) is 30.5 Å². The van der Waals surface area contributed by atoms with E-state index in [1.165, 1.54) is 16.4 Å². The molecule has 10 unspecified atom stereocenters. The van der Waals surface area contributed by atoms with Gasteiger partial charge in [-0.2, -0.15) is 94.1 Å². The number of aliphatic hydroxyl groups excluding tert-OH is 6. The largest absolute Gasteiger partial charge is 0.479 e. The first kappa shape index (κ1) is 90.0.